The monoisotopic (exact) mass is 281 g/mol. The van der Waals surface area contributed by atoms with Crippen molar-refractivity contribution < 1.29 is 14.3 Å². The van der Waals surface area contributed by atoms with Crippen molar-refractivity contribution in [1.29, 1.82) is 0 Å². The highest BCUT2D eigenvalue weighted by Gasteiger charge is 2.23. The molecule has 0 spiro atoms. The number of rotatable bonds is 3. The second kappa shape index (κ2) is 5.74. The molecule has 0 saturated carbocycles. The van der Waals surface area contributed by atoms with Gasteiger partial charge in [-0.25, -0.2) is 0 Å². The molecule has 2 rings (SSSR count). The molecule has 104 valence electrons. The predicted octanol–water partition coefficient (Wildman–Crippen LogP) is 2.12. The van der Waals surface area contributed by atoms with E-state index in [4.69, 9.17) is 0 Å². The number of esters is 1. The van der Waals surface area contributed by atoms with Gasteiger partial charge >= 0.3 is 5.97 Å². The van der Waals surface area contributed by atoms with Crippen molar-refractivity contribution >= 4 is 23.2 Å². The van der Waals surface area contributed by atoms with E-state index in [2.05, 4.69) is 11.7 Å². The van der Waals surface area contributed by atoms with Gasteiger partial charge in [0.1, 0.15) is 6.54 Å². The summed E-state index contributed by atoms with van der Waals surface area (Å²) in [4.78, 5) is 26.9. The standard InChI is InChI=1S/C14H19NO3S/c1-9-4-5-11-10(6-9)7-12(19-11)14(17)15(2)8-13(16)18-3/h7,9H,4-6,8H2,1-3H3. The number of aryl methyl sites for hydroxylation is 1. The first kappa shape index (κ1) is 14.1. The van der Waals surface area contributed by atoms with Crippen LogP contribution in [0.25, 0.3) is 0 Å². The van der Waals surface area contributed by atoms with Gasteiger partial charge in [-0.05, 0) is 36.8 Å². The molecule has 0 aromatic carbocycles. The number of methoxy groups -OCH3 is 1. The van der Waals surface area contributed by atoms with Crippen LogP contribution in [0.5, 0.6) is 0 Å². The predicted molar refractivity (Wildman–Crippen MR) is 74.5 cm³/mol. The Morgan fingerprint density at radius 3 is 2.95 bits per heavy atom. The van der Waals surface area contributed by atoms with E-state index in [0.717, 1.165) is 17.7 Å². The summed E-state index contributed by atoms with van der Waals surface area (Å²) in [6.07, 6.45) is 3.31. The van der Waals surface area contributed by atoms with E-state index in [0.29, 0.717) is 5.92 Å². The Labute approximate surface area is 117 Å². The van der Waals surface area contributed by atoms with Gasteiger partial charge in [0.15, 0.2) is 0 Å². The van der Waals surface area contributed by atoms with Gasteiger partial charge in [-0.3, -0.25) is 9.59 Å². The van der Waals surface area contributed by atoms with Crippen molar-refractivity contribution in [1.82, 2.24) is 4.90 Å². The average Bonchev–Trinajstić information content (AvgIpc) is 2.80. The van der Waals surface area contributed by atoms with Crippen LogP contribution in [0.2, 0.25) is 0 Å². The van der Waals surface area contributed by atoms with Crippen LogP contribution in [0.3, 0.4) is 0 Å². The van der Waals surface area contributed by atoms with E-state index < -0.39 is 5.97 Å². The van der Waals surface area contributed by atoms with Crippen LogP contribution in [-0.2, 0) is 22.4 Å². The van der Waals surface area contributed by atoms with E-state index in [1.807, 2.05) is 6.07 Å². The van der Waals surface area contributed by atoms with Crippen LogP contribution >= 0.6 is 11.3 Å². The number of carbonyl (C=O) groups is 2. The Bertz CT molecular complexity index is 495. The number of thiophene rings is 1. The number of nitrogens with zero attached hydrogens (tertiary/aromatic N) is 1. The summed E-state index contributed by atoms with van der Waals surface area (Å²) in [6, 6.07) is 1.99. The molecule has 0 bridgehead atoms. The minimum absolute atomic E-state index is 0.00565. The Balaban J connectivity index is 2.10. The third kappa shape index (κ3) is 3.15. The van der Waals surface area contributed by atoms with E-state index in [-0.39, 0.29) is 12.5 Å². The lowest BCUT2D eigenvalue weighted by molar-refractivity contribution is -0.141. The lowest BCUT2D eigenvalue weighted by Crippen LogP contribution is -2.32. The molecule has 19 heavy (non-hydrogen) atoms. The summed E-state index contributed by atoms with van der Waals surface area (Å²) >= 11 is 1.57. The first-order valence-corrected chi connectivity index (χ1v) is 7.26. The van der Waals surface area contributed by atoms with E-state index in [1.54, 1.807) is 18.4 Å². The third-order valence-corrected chi connectivity index (χ3v) is 4.71. The van der Waals surface area contributed by atoms with Gasteiger partial charge in [0.2, 0.25) is 0 Å². The van der Waals surface area contributed by atoms with Crippen LogP contribution < -0.4 is 0 Å². The second-order valence-corrected chi connectivity index (χ2v) is 6.28. The molecule has 1 aliphatic rings. The maximum atomic E-state index is 12.2. The van der Waals surface area contributed by atoms with Crippen LogP contribution in [-0.4, -0.2) is 37.5 Å². The van der Waals surface area contributed by atoms with E-state index >= 15 is 0 Å². The Kier molecular flexibility index (Phi) is 4.24. The quantitative estimate of drug-likeness (QED) is 0.797. The maximum Gasteiger partial charge on any atom is 0.325 e. The normalized spacial score (nSPS) is 17.7. The number of carbonyl (C=O) groups excluding carboxylic acids is 2. The summed E-state index contributed by atoms with van der Waals surface area (Å²) in [5.41, 5.74) is 1.30. The summed E-state index contributed by atoms with van der Waals surface area (Å²) < 4.78 is 4.57. The van der Waals surface area contributed by atoms with Crippen molar-refractivity contribution in [3.05, 3.63) is 21.4 Å². The molecule has 0 radical (unpaired) electrons. The summed E-state index contributed by atoms with van der Waals surface area (Å²) in [7, 11) is 2.95. The van der Waals surface area contributed by atoms with Crippen LogP contribution in [0.4, 0.5) is 0 Å². The van der Waals surface area contributed by atoms with Crippen molar-refractivity contribution in [2.75, 3.05) is 20.7 Å². The minimum Gasteiger partial charge on any atom is -0.468 e. The molecule has 1 aromatic heterocycles. The highest BCUT2D eigenvalue weighted by Crippen LogP contribution is 2.32. The van der Waals surface area contributed by atoms with Gasteiger partial charge in [0.05, 0.1) is 12.0 Å². The molecular weight excluding hydrogens is 262 g/mol. The van der Waals surface area contributed by atoms with Crippen LogP contribution in [0.15, 0.2) is 6.07 Å². The molecule has 1 aromatic rings. The molecule has 5 heteroatoms. The topological polar surface area (TPSA) is 46.6 Å². The smallest absolute Gasteiger partial charge is 0.325 e. The first-order chi connectivity index (χ1) is 9.01. The van der Waals surface area contributed by atoms with Gasteiger partial charge < -0.3 is 9.64 Å². The molecular formula is C14H19NO3S. The largest absolute Gasteiger partial charge is 0.468 e. The van der Waals surface area contributed by atoms with Crippen LogP contribution in [0, 0.1) is 5.92 Å². The van der Waals surface area contributed by atoms with E-state index in [1.165, 1.54) is 28.9 Å². The van der Waals surface area contributed by atoms with Gasteiger partial charge in [-0.2, -0.15) is 0 Å². The zero-order valence-electron chi connectivity index (χ0n) is 11.6. The molecule has 0 aliphatic heterocycles. The highest BCUT2D eigenvalue weighted by atomic mass is 32.1. The number of hydrogen-bond acceptors (Lipinski definition) is 4. The Morgan fingerprint density at radius 1 is 1.53 bits per heavy atom. The Hall–Kier alpha value is -1.36. The number of likely N-dealkylation sites (N-methyl/N-ethyl adjacent to an activating group) is 1. The number of hydrogen-bond donors (Lipinski definition) is 0. The zero-order valence-corrected chi connectivity index (χ0v) is 12.4. The molecule has 1 amide bonds. The minimum atomic E-state index is -0.397. The summed E-state index contributed by atoms with van der Waals surface area (Å²) in [5, 5.41) is 0. The van der Waals surface area contributed by atoms with Crippen molar-refractivity contribution in [2.24, 2.45) is 5.92 Å². The highest BCUT2D eigenvalue weighted by molar-refractivity contribution is 7.14. The van der Waals surface area contributed by atoms with Crippen molar-refractivity contribution in [3.63, 3.8) is 0 Å². The zero-order chi connectivity index (χ0) is 14.0. The number of amides is 1. The SMILES string of the molecule is COC(=O)CN(C)C(=O)c1cc2c(s1)CCC(C)C2. The van der Waals surface area contributed by atoms with Gasteiger partial charge in [0.25, 0.3) is 5.91 Å². The molecule has 4 nitrogen and oxygen atoms in total. The number of fused-ring (bicyclic) bond motifs is 1. The van der Waals surface area contributed by atoms with Gasteiger partial charge in [-0.1, -0.05) is 6.92 Å². The molecule has 1 heterocycles. The third-order valence-electron chi connectivity index (χ3n) is 3.48. The number of ether oxygens (including phenoxy) is 1. The van der Waals surface area contributed by atoms with Crippen molar-refractivity contribution in [2.45, 2.75) is 26.2 Å². The fourth-order valence-corrected chi connectivity index (χ4v) is 3.53. The maximum absolute atomic E-state index is 12.2. The van der Waals surface area contributed by atoms with Gasteiger partial charge in [-0.15, -0.1) is 11.3 Å². The Morgan fingerprint density at radius 2 is 2.26 bits per heavy atom. The molecule has 0 fully saturated rings. The molecule has 1 unspecified atom stereocenters. The summed E-state index contributed by atoms with van der Waals surface area (Å²) in [5.74, 6) is 0.195. The average molecular weight is 281 g/mol. The fourth-order valence-electron chi connectivity index (χ4n) is 2.33. The fraction of sp³-hybridized carbons (Fsp3) is 0.571. The molecule has 0 N–H and O–H groups in total. The van der Waals surface area contributed by atoms with Crippen LogP contribution in [0.1, 0.15) is 33.5 Å². The van der Waals surface area contributed by atoms with Crippen molar-refractivity contribution in [3.8, 4) is 0 Å². The van der Waals surface area contributed by atoms with E-state index in [9.17, 15) is 9.59 Å². The lowest BCUT2D eigenvalue weighted by atomic mass is 9.90. The molecule has 1 aliphatic carbocycles. The second-order valence-electron chi connectivity index (χ2n) is 5.14. The first-order valence-electron chi connectivity index (χ1n) is 6.45. The van der Waals surface area contributed by atoms with Gasteiger partial charge in [0, 0.05) is 11.9 Å². The molecule has 0 saturated heterocycles. The molecule has 1 atom stereocenters. The lowest BCUT2D eigenvalue weighted by Gasteiger charge is -2.16. The summed E-state index contributed by atoms with van der Waals surface area (Å²) in [6.45, 7) is 2.24.